The average Bonchev–Trinajstić information content (AvgIpc) is 2.73. The zero-order chi connectivity index (χ0) is 21.9. The highest BCUT2D eigenvalue weighted by atomic mass is 32.2. The van der Waals surface area contributed by atoms with Crippen LogP contribution in [-0.2, 0) is 16.6 Å². The Morgan fingerprint density at radius 1 is 0.867 bits per heavy atom. The van der Waals surface area contributed by atoms with Crippen LogP contribution in [0.25, 0.3) is 0 Å². The van der Waals surface area contributed by atoms with Gasteiger partial charge in [-0.2, -0.15) is 0 Å². The van der Waals surface area contributed by atoms with E-state index >= 15 is 0 Å². The lowest BCUT2D eigenvalue weighted by molar-refractivity contribution is 0.0784. The third kappa shape index (κ3) is 4.65. The maximum Gasteiger partial charge on any atom is 0.264 e. The van der Waals surface area contributed by atoms with Gasteiger partial charge in [-0.05, 0) is 60.2 Å². The van der Waals surface area contributed by atoms with E-state index in [4.69, 9.17) is 0 Å². The van der Waals surface area contributed by atoms with Crippen molar-refractivity contribution in [3.8, 4) is 0 Å². The van der Waals surface area contributed by atoms with Gasteiger partial charge in [0.25, 0.3) is 15.9 Å². The van der Waals surface area contributed by atoms with Crippen molar-refractivity contribution in [3.05, 3.63) is 95.6 Å². The molecule has 3 rings (SSSR count). The fourth-order valence-corrected chi connectivity index (χ4v) is 4.18. The number of halogens is 2. The summed E-state index contributed by atoms with van der Waals surface area (Å²) >= 11 is 0. The fraction of sp³-hybridized carbons (Fsp3) is 0.136. The first kappa shape index (κ1) is 21.4. The molecular weight excluding hydrogens is 410 g/mol. The number of nitrogens with zero attached hydrogens (tertiary/aromatic N) is 2. The van der Waals surface area contributed by atoms with Gasteiger partial charge in [0, 0.05) is 26.2 Å². The lowest BCUT2D eigenvalue weighted by atomic mass is 10.1. The first-order valence-corrected chi connectivity index (χ1v) is 10.5. The molecule has 3 aromatic rings. The van der Waals surface area contributed by atoms with Gasteiger partial charge in [-0.1, -0.05) is 18.2 Å². The lowest BCUT2D eigenvalue weighted by Gasteiger charge is -2.21. The van der Waals surface area contributed by atoms with Crippen LogP contribution in [0.2, 0.25) is 0 Å². The molecule has 0 saturated heterocycles. The first-order chi connectivity index (χ1) is 14.2. The second kappa shape index (κ2) is 8.62. The molecule has 0 radical (unpaired) electrons. The first-order valence-electron chi connectivity index (χ1n) is 9.03. The van der Waals surface area contributed by atoms with E-state index in [0.29, 0.717) is 5.56 Å². The van der Waals surface area contributed by atoms with Gasteiger partial charge in [0.2, 0.25) is 0 Å². The molecule has 0 aliphatic carbocycles. The molecule has 0 aromatic heterocycles. The van der Waals surface area contributed by atoms with Crippen LogP contribution in [0.5, 0.6) is 0 Å². The number of anilines is 1. The molecule has 0 aliphatic heterocycles. The van der Waals surface area contributed by atoms with Crippen molar-refractivity contribution in [1.29, 1.82) is 0 Å². The fourth-order valence-electron chi connectivity index (χ4n) is 2.94. The van der Waals surface area contributed by atoms with Crippen LogP contribution in [0.4, 0.5) is 14.5 Å². The molecule has 1 amide bonds. The Balaban J connectivity index is 1.83. The molecule has 0 fully saturated rings. The highest BCUT2D eigenvalue weighted by molar-refractivity contribution is 7.92. The summed E-state index contributed by atoms with van der Waals surface area (Å²) in [6.45, 7) is 0.170. The van der Waals surface area contributed by atoms with Gasteiger partial charge in [-0.3, -0.25) is 9.10 Å². The minimum absolute atomic E-state index is 0.0701. The summed E-state index contributed by atoms with van der Waals surface area (Å²) in [5.74, 6) is -1.27. The number of sulfonamides is 1. The average molecular weight is 430 g/mol. The number of amides is 1. The summed E-state index contributed by atoms with van der Waals surface area (Å²) in [4.78, 5) is 14.1. The third-order valence-electron chi connectivity index (χ3n) is 4.59. The van der Waals surface area contributed by atoms with Gasteiger partial charge < -0.3 is 4.90 Å². The Hall–Kier alpha value is -3.26. The summed E-state index contributed by atoms with van der Waals surface area (Å²) in [5, 5.41) is 0. The van der Waals surface area contributed by atoms with Crippen molar-refractivity contribution >= 4 is 21.6 Å². The van der Waals surface area contributed by atoms with Crippen molar-refractivity contribution < 1.29 is 22.0 Å². The summed E-state index contributed by atoms with van der Waals surface area (Å²) in [6.07, 6.45) is 0. The van der Waals surface area contributed by atoms with Crippen LogP contribution in [0.1, 0.15) is 15.9 Å². The Kier molecular flexibility index (Phi) is 6.17. The van der Waals surface area contributed by atoms with Crippen LogP contribution in [0.3, 0.4) is 0 Å². The minimum atomic E-state index is -3.96. The Labute approximate surface area is 174 Å². The van der Waals surface area contributed by atoms with Gasteiger partial charge >= 0.3 is 0 Å². The maximum absolute atomic E-state index is 13.4. The van der Waals surface area contributed by atoms with Gasteiger partial charge in [-0.15, -0.1) is 0 Å². The predicted molar refractivity (Wildman–Crippen MR) is 111 cm³/mol. The van der Waals surface area contributed by atoms with Crippen molar-refractivity contribution in [1.82, 2.24) is 4.90 Å². The van der Waals surface area contributed by atoms with Crippen LogP contribution >= 0.6 is 0 Å². The number of rotatable bonds is 6. The summed E-state index contributed by atoms with van der Waals surface area (Å²) in [7, 11) is -1.05. The van der Waals surface area contributed by atoms with Gasteiger partial charge in [0.15, 0.2) is 0 Å². The molecule has 0 spiro atoms. The molecule has 0 aliphatic rings. The van der Waals surface area contributed by atoms with E-state index in [0.717, 1.165) is 4.31 Å². The molecule has 8 heteroatoms. The molecule has 5 nitrogen and oxygen atoms in total. The Bertz CT molecular complexity index is 1170. The molecule has 0 unspecified atom stereocenters. The summed E-state index contributed by atoms with van der Waals surface area (Å²) in [5.41, 5.74) is 1.09. The van der Waals surface area contributed by atoms with Crippen LogP contribution in [0.15, 0.2) is 77.7 Å². The molecule has 3 aromatic carbocycles. The quantitative estimate of drug-likeness (QED) is 0.593. The number of hydrogen-bond donors (Lipinski definition) is 0. The highest BCUT2D eigenvalue weighted by Gasteiger charge is 2.23. The largest absolute Gasteiger partial charge is 0.337 e. The van der Waals surface area contributed by atoms with Crippen molar-refractivity contribution in [3.63, 3.8) is 0 Å². The van der Waals surface area contributed by atoms with Crippen molar-refractivity contribution in [2.24, 2.45) is 0 Å². The molecule has 0 bridgehead atoms. The van der Waals surface area contributed by atoms with Gasteiger partial charge in [-0.25, -0.2) is 17.2 Å². The molecule has 30 heavy (non-hydrogen) atoms. The number of hydrogen-bond acceptors (Lipinski definition) is 3. The number of carbonyl (C=O) groups excluding carboxylic acids is 1. The summed E-state index contributed by atoms with van der Waals surface area (Å²) < 4.78 is 53.4. The van der Waals surface area contributed by atoms with Crippen molar-refractivity contribution in [2.45, 2.75) is 11.4 Å². The van der Waals surface area contributed by atoms with E-state index in [1.54, 1.807) is 19.2 Å². The zero-order valence-corrected chi connectivity index (χ0v) is 17.2. The second-order valence-electron chi connectivity index (χ2n) is 6.77. The van der Waals surface area contributed by atoms with E-state index < -0.39 is 27.6 Å². The molecule has 0 heterocycles. The monoisotopic (exact) mass is 430 g/mol. The lowest BCUT2D eigenvalue weighted by Crippen LogP contribution is -2.28. The van der Waals surface area contributed by atoms with E-state index in [-0.39, 0.29) is 22.7 Å². The molecular formula is C22H20F2N2O3S. The van der Waals surface area contributed by atoms with Gasteiger partial charge in [0.05, 0.1) is 10.6 Å². The zero-order valence-electron chi connectivity index (χ0n) is 16.4. The van der Waals surface area contributed by atoms with E-state index in [2.05, 4.69) is 0 Å². The molecule has 0 N–H and O–H groups in total. The van der Waals surface area contributed by atoms with E-state index in [1.807, 2.05) is 0 Å². The normalized spacial score (nSPS) is 11.2. The van der Waals surface area contributed by atoms with Crippen LogP contribution in [0, 0.1) is 11.6 Å². The number of benzene rings is 3. The predicted octanol–water partition coefficient (Wildman–Crippen LogP) is 4.06. The topological polar surface area (TPSA) is 57.7 Å². The van der Waals surface area contributed by atoms with E-state index in [9.17, 15) is 22.0 Å². The second-order valence-corrected chi connectivity index (χ2v) is 8.74. The van der Waals surface area contributed by atoms with Crippen LogP contribution < -0.4 is 4.31 Å². The Morgan fingerprint density at radius 2 is 1.53 bits per heavy atom. The SMILES string of the molecule is CN(Cc1cccc(F)c1)C(=O)c1cccc(S(=O)(=O)N(C)c2ccc(F)cc2)c1. The summed E-state index contributed by atoms with van der Waals surface area (Å²) in [6, 6.07) is 16.6. The molecule has 0 saturated carbocycles. The van der Waals surface area contributed by atoms with Gasteiger partial charge in [0.1, 0.15) is 11.6 Å². The minimum Gasteiger partial charge on any atom is -0.337 e. The van der Waals surface area contributed by atoms with Crippen molar-refractivity contribution in [2.75, 3.05) is 18.4 Å². The molecule has 156 valence electrons. The third-order valence-corrected chi connectivity index (χ3v) is 6.37. The standard InChI is InChI=1S/C22H20F2N2O3S/c1-25(15-16-5-3-7-19(24)13-16)22(27)17-6-4-8-21(14-17)30(28,29)26(2)20-11-9-18(23)10-12-20/h3-14H,15H2,1-2H3. The van der Waals surface area contributed by atoms with Crippen LogP contribution in [-0.4, -0.2) is 33.3 Å². The smallest absolute Gasteiger partial charge is 0.264 e. The highest BCUT2D eigenvalue weighted by Crippen LogP contribution is 2.23. The number of carbonyl (C=O) groups is 1. The maximum atomic E-state index is 13.4. The molecule has 0 atom stereocenters. The van der Waals surface area contributed by atoms with E-state index in [1.165, 1.54) is 72.6 Å². The Morgan fingerprint density at radius 3 is 2.20 bits per heavy atom.